The fourth-order valence-electron chi connectivity index (χ4n) is 4.89. The van der Waals surface area contributed by atoms with E-state index in [9.17, 15) is 14.7 Å². The molecule has 0 radical (unpaired) electrons. The largest absolute Gasteiger partial charge is 0.482 e. The number of ether oxygens (including phenoxy) is 1. The van der Waals surface area contributed by atoms with Crippen molar-refractivity contribution in [2.45, 2.75) is 82.6 Å². The second-order valence-corrected chi connectivity index (χ2v) is 10.3. The fraction of sp³-hybridized carbons (Fsp3) is 0.556. The van der Waals surface area contributed by atoms with Crippen LogP contribution in [0.2, 0.25) is 0 Å². The minimum Gasteiger partial charge on any atom is -0.482 e. The maximum Gasteiger partial charge on any atom is 0.247 e. The molecule has 2 aliphatic rings. The Hall–Kier alpha value is -1.91. The Balaban J connectivity index is 1.97. The lowest BCUT2D eigenvalue weighted by Gasteiger charge is -2.43. The highest BCUT2D eigenvalue weighted by atomic mass is 127. The number of hydrogen-bond acceptors (Lipinski definition) is 5. The van der Waals surface area contributed by atoms with Crippen LogP contribution in [-0.2, 0) is 9.59 Å². The zero-order chi connectivity index (χ0) is 25.2. The van der Waals surface area contributed by atoms with E-state index >= 15 is 0 Å². The van der Waals surface area contributed by atoms with Gasteiger partial charge in [0.15, 0.2) is 0 Å². The Labute approximate surface area is 221 Å². The Morgan fingerprint density at radius 1 is 1.20 bits per heavy atom. The first kappa shape index (κ1) is 27.7. The van der Waals surface area contributed by atoms with Crippen LogP contribution in [-0.4, -0.2) is 64.4 Å². The molecule has 0 bridgehead atoms. The van der Waals surface area contributed by atoms with Crippen LogP contribution >= 0.6 is 22.6 Å². The molecule has 3 rings (SSSR count). The molecule has 192 valence electrons. The number of rotatable bonds is 9. The van der Waals surface area contributed by atoms with Crippen molar-refractivity contribution in [2.24, 2.45) is 0 Å². The summed E-state index contributed by atoms with van der Waals surface area (Å²) < 4.78 is 7.11. The van der Waals surface area contributed by atoms with E-state index in [0.29, 0.717) is 11.3 Å². The Morgan fingerprint density at radius 3 is 2.57 bits per heavy atom. The van der Waals surface area contributed by atoms with E-state index in [-0.39, 0.29) is 37.4 Å². The minimum absolute atomic E-state index is 0.00326. The number of benzene rings is 1. The summed E-state index contributed by atoms with van der Waals surface area (Å²) in [5, 5.41) is 23.4. The summed E-state index contributed by atoms with van der Waals surface area (Å²) in [5.41, 5.74) is 0.454. The number of hydrogen-bond donors (Lipinski definition) is 3. The van der Waals surface area contributed by atoms with Gasteiger partial charge in [-0.25, -0.2) is 0 Å². The predicted octanol–water partition coefficient (Wildman–Crippen LogP) is 3.72. The molecule has 0 aliphatic heterocycles. The minimum atomic E-state index is -0.998. The molecule has 8 heteroatoms. The van der Waals surface area contributed by atoms with Crippen molar-refractivity contribution in [2.75, 3.05) is 13.2 Å². The lowest BCUT2D eigenvalue weighted by Crippen LogP contribution is -2.57. The van der Waals surface area contributed by atoms with Crippen molar-refractivity contribution >= 4 is 34.4 Å². The number of allylic oxidation sites excluding steroid dienone is 1. The number of nitrogens with zero attached hydrogens (tertiary/aromatic N) is 1. The van der Waals surface area contributed by atoms with Crippen molar-refractivity contribution in [3.63, 3.8) is 0 Å². The van der Waals surface area contributed by atoms with Gasteiger partial charge in [-0.05, 0) is 66.1 Å². The number of amides is 2. The molecule has 7 nitrogen and oxygen atoms in total. The van der Waals surface area contributed by atoms with Crippen molar-refractivity contribution in [3.8, 4) is 5.75 Å². The summed E-state index contributed by atoms with van der Waals surface area (Å²) >= 11 is 2.18. The Morgan fingerprint density at radius 2 is 1.91 bits per heavy atom. The highest BCUT2D eigenvalue weighted by molar-refractivity contribution is 14.1. The van der Waals surface area contributed by atoms with Crippen molar-refractivity contribution in [1.29, 1.82) is 0 Å². The molecular weight excluding hydrogens is 559 g/mol. The smallest absolute Gasteiger partial charge is 0.247 e. The molecule has 0 heterocycles. The topological polar surface area (TPSA) is 99.1 Å². The highest BCUT2D eigenvalue weighted by Gasteiger charge is 2.42. The van der Waals surface area contributed by atoms with E-state index in [1.165, 1.54) is 0 Å². The molecule has 2 aliphatic carbocycles. The van der Waals surface area contributed by atoms with Gasteiger partial charge in [0, 0.05) is 24.6 Å². The highest BCUT2D eigenvalue weighted by Crippen LogP contribution is 2.33. The number of carbonyl (C=O) groups excluding carboxylic acids is 2. The molecule has 1 aromatic rings. The van der Waals surface area contributed by atoms with E-state index in [0.717, 1.165) is 48.5 Å². The van der Waals surface area contributed by atoms with Gasteiger partial charge < -0.3 is 25.2 Å². The second-order valence-electron chi connectivity index (χ2n) is 9.15. The summed E-state index contributed by atoms with van der Waals surface area (Å²) in [6.45, 7) is 1.95. The van der Waals surface area contributed by atoms with E-state index in [1.807, 2.05) is 42.2 Å². The second kappa shape index (κ2) is 14.0. The average Bonchev–Trinajstić information content (AvgIpc) is 3.14. The van der Waals surface area contributed by atoms with Crippen LogP contribution in [0.5, 0.6) is 5.75 Å². The molecule has 0 spiro atoms. The van der Waals surface area contributed by atoms with Crippen LogP contribution in [0.1, 0.15) is 58.3 Å². The Bertz CT molecular complexity index is 911. The summed E-state index contributed by atoms with van der Waals surface area (Å²) in [4.78, 5) is 28.2. The Kier molecular flexibility index (Phi) is 11.1. The maximum atomic E-state index is 13.5. The molecule has 1 saturated carbocycles. The van der Waals surface area contributed by atoms with Gasteiger partial charge in [0.2, 0.25) is 11.8 Å². The predicted molar refractivity (Wildman–Crippen MR) is 144 cm³/mol. The lowest BCUT2D eigenvalue weighted by atomic mass is 9.86. The molecule has 3 atom stereocenters. The van der Waals surface area contributed by atoms with Crippen LogP contribution < -0.4 is 10.1 Å². The molecule has 3 N–H and O–H groups in total. The molecule has 1 aromatic carbocycles. The van der Waals surface area contributed by atoms with Gasteiger partial charge in [0.25, 0.3) is 0 Å². The zero-order valence-electron chi connectivity index (χ0n) is 20.4. The summed E-state index contributed by atoms with van der Waals surface area (Å²) in [5.74, 6) is 0.167. The molecule has 2 amide bonds. The quantitative estimate of drug-likeness (QED) is 0.229. The monoisotopic (exact) mass is 596 g/mol. The van der Waals surface area contributed by atoms with Gasteiger partial charge in [0.05, 0.1) is 16.2 Å². The average molecular weight is 597 g/mol. The van der Waals surface area contributed by atoms with Crippen molar-refractivity contribution < 1.29 is 24.5 Å². The van der Waals surface area contributed by atoms with Crippen LogP contribution in [0.15, 0.2) is 48.1 Å². The van der Waals surface area contributed by atoms with Crippen molar-refractivity contribution in [3.05, 3.63) is 51.6 Å². The number of aliphatic hydroxyl groups excluding tert-OH is 2. The van der Waals surface area contributed by atoms with E-state index in [1.54, 1.807) is 12.2 Å². The fourth-order valence-corrected chi connectivity index (χ4v) is 5.40. The van der Waals surface area contributed by atoms with E-state index in [2.05, 4.69) is 27.9 Å². The summed E-state index contributed by atoms with van der Waals surface area (Å²) in [7, 11) is 0. The number of para-hydroxylation sites is 1. The van der Waals surface area contributed by atoms with Gasteiger partial charge in [-0.15, -0.1) is 0 Å². The first-order chi connectivity index (χ1) is 17.0. The summed E-state index contributed by atoms with van der Waals surface area (Å²) in [6, 6.07) is 6.92. The standard InChI is InChI=1S/C27H37IN2O5/c1-2-3-14-25(32)30(20-10-6-4-5-7-11-20)22-17-19(27(34)29-15-16-31)18-24(26(22)33)35-23-13-9-8-12-21(23)28/h3,8-9,12-14,18,20,22,24,26,31,33H,2,4-7,10-11,15-17H2,1H3,(H,29,34). The first-order valence-corrected chi connectivity index (χ1v) is 13.7. The third-order valence-corrected chi connectivity index (χ3v) is 7.53. The maximum absolute atomic E-state index is 13.5. The van der Waals surface area contributed by atoms with E-state index < -0.39 is 18.2 Å². The van der Waals surface area contributed by atoms with Gasteiger partial charge in [0.1, 0.15) is 18.0 Å². The molecule has 0 saturated heterocycles. The first-order valence-electron chi connectivity index (χ1n) is 12.6. The van der Waals surface area contributed by atoms with Crippen molar-refractivity contribution in [1.82, 2.24) is 10.2 Å². The van der Waals surface area contributed by atoms with Gasteiger partial charge in [-0.3, -0.25) is 9.59 Å². The van der Waals surface area contributed by atoms with Crippen LogP contribution in [0.25, 0.3) is 0 Å². The van der Waals surface area contributed by atoms with Crippen LogP contribution in [0, 0.1) is 3.57 Å². The van der Waals surface area contributed by atoms with Crippen LogP contribution in [0.4, 0.5) is 0 Å². The SMILES string of the molecule is CCC=CC(=O)N(C1CCCCCC1)C1CC(C(=O)NCCO)=CC(Oc2ccccc2I)C1O. The molecule has 35 heavy (non-hydrogen) atoms. The zero-order valence-corrected chi connectivity index (χ0v) is 22.5. The molecule has 3 unspecified atom stereocenters. The molecule has 0 aromatic heterocycles. The lowest BCUT2D eigenvalue weighted by molar-refractivity contribution is -0.137. The number of halogens is 1. The van der Waals surface area contributed by atoms with E-state index in [4.69, 9.17) is 9.84 Å². The number of carbonyl (C=O) groups is 2. The number of nitrogens with one attached hydrogen (secondary N) is 1. The third-order valence-electron chi connectivity index (χ3n) is 6.64. The van der Waals surface area contributed by atoms with Gasteiger partial charge in [-0.1, -0.05) is 50.8 Å². The normalized spacial score (nSPS) is 23.4. The third kappa shape index (κ3) is 7.54. The summed E-state index contributed by atoms with van der Waals surface area (Å²) in [6.07, 6.45) is 10.4. The van der Waals surface area contributed by atoms with Gasteiger partial charge >= 0.3 is 0 Å². The number of aliphatic hydroxyl groups is 2. The van der Waals surface area contributed by atoms with Crippen LogP contribution in [0.3, 0.4) is 0 Å². The molecule has 1 fully saturated rings. The molecular formula is C27H37IN2O5. The van der Waals surface area contributed by atoms with Gasteiger partial charge in [-0.2, -0.15) is 0 Å².